The molecule has 2 aromatic rings. The number of nitrogens with zero attached hydrogens (tertiary/aromatic N) is 4. The Morgan fingerprint density at radius 3 is 2.34 bits per heavy atom. The number of carbonyl (C=O) groups is 1. The highest BCUT2D eigenvalue weighted by molar-refractivity contribution is 7.88. The number of hydrogen-bond acceptors (Lipinski definition) is 7. The molecule has 2 fully saturated rings. The largest absolute Gasteiger partial charge is 0.445 e. The van der Waals surface area contributed by atoms with E-state index in [2.05, 4.69) is 23.6 Å². The Hall–Kier alpha value is -3.28. The van der Waals surface area contributed by atoms with E-state index in [-0.39, 0.29) is 30.3 Å². The SMILES string of the molecule is C=CCN(C(=O)OCc1ccc([N+](=O)[O-])cc1)C1CCN(CC2CC(N(C)S(C)(=O)=O)CC2c2ccccc2)CC1. The monoisotopic (exact) mass is 584 g/mol. The smallest absolute Gasteiger partial charge is 0.410 e. The van der Waals surface area contributed by atoms with E-state index in [9.17, 15) is 23.3 Å². The van der Waals surface area contributed by atoms with Crippen molar-refractivity contribution in [3.8, 4) is 0 Å². The average Bonchev–Trinajstić information content (AvgIpc) is 3.38. The summed E-state index contributed by atoms with van der Waals surface area (Å²) in [5.74, 6) is 0.619. The van der Waals surface area contributed by atoms with Crippen molar-refractivity contribution in [1.82, 2.24) is 14.1 Å². The molecule has 0 spiro atoms. The molecule has 1 saturated carbocycles. The van der Waals surface area contributed by atoms with Crippen LogP contribution in [0.3, 0.4) is 0 Å². The molecule has 1 heterocycles. The maximum absolute atomic E-state index is 13.0. The number of likely N-dealkylation sites (tertiary alicyclic amines) is 1. The van der Waals surface area contributed by atoms with Gasteiger partial charge in [-0.25, -0.2) is 17.5 Å². The summed E-state index contributed by atoms with van der Waals surface area (Å²) < 4.78 is 31.6. The lowest BCUT2D eigenvalue weighted by Gasteiger charge is -2.39. The standard InChI is InChI=1S/C30H40N4O6S/c1-4-16-33(30(35)40-22-23-10-12-27(13-11-23)34(36)37)26-14-17-32(18-15-26)21-25-19-28(31(2)41(3,38)39)20-29(25)24-8-6-5-7-9-24/h4-13,25-26,28-29H,1,14-22H2,2-3H3. The quantitative estimate of drug-likeness (QED) is 0.215. The number of sulfonamides is 1. The number of benzene rings is 2. The lowest BCUT2D eigenvalue weighted by Crippen LogP contribution is -2.48. The third kappa shape index (κ3) is 7.93. The maximum atomic E-state index is 13.0. The van der Waals surface area contributed by atoms with Gasteiger partial charge in [-0.15, -0.1) is 6.58 Å². The predicted octanol–water partition coefficient (Wildman–Crippen LogP) is 4.64. The Bertz CT molecular complexity index is 1300. The van der Waals surface area contributed by atoms with E-state index >= 15 is 0 Å². The molecule has 11 heteroatoms. The Balaban J connectivity index is 1.34. The van der Waals surface area contributed by atoms with E-state index < -0.39 is 21.0 Å². The Morgan fingerprint density at radius 2 is 1.76 bits per heavy atom. The van der Waals surface area contributed by atoms with Crippen LogP contribution in [0.4, 0.5) is 10.5 Å². The summed E-state index contributed by atoms with van der Waals surface area (Å²) in [4.78, 5) is 27.6. The molecule has 41 heavy (non-hydrogen) atoms. The number of piperidine rings is 1. The van der Waals surface area contributed by atoms with Crippen molar-refractivity contribution >= 4 is 21.8 Å². The first-order valence-electron chi connectivity index (χ1n) is 14.0. The molecule has 2 aliphatic rings. The van der Waals surface area contributed by atoms with Crippen molar-refractivity contribution in [3.63, 3.8) is 0 Å². The molecular formula is C30H40N4O6S. The van der Waals surface area contributed by atoms with E-state index in [1.54, 1.807) is 30.2 Å². The topological polar surface area (TPSA) is 113 Å². The van der Waals surface area contributed by atoms with Crippen LogP contribution >= 0.6 is 0 Å². The molecule has 1 amide bonds. The van der Waals surface area contributed by atoms with Gasteiger partial charge in [-0.05, 0) is 60.8 Å². The molecule has 222 valence electrons. The fourth-order valence-corrected chi connectivity index (χ4v) is 6.89. The highest BCUT2D eigenvalue weighted by atomic mass is 32.2. The first kappa shape index (κ1) is 30.7. The van der Waals surface area contributed by atoms with Crippen LogP contribution in [-0.4, -0.2) is 85.1 Å². The summed E-state index contributed by atoms with van der Waals surface area (Å²) in [6.07, 6.45) is 5.78. The van der Waals surface area contributed by atoms with E-state index in [0.29, 0.717) is 18.0 Å². The fourth-order valence-electron chi connectivity index (χ4n) is 6.17. The molecule has 4 rings (SSSR count). The second-order valence-corrected chi connectivity index (χ2v) is 13.2. The summed E-state index contributed by atoms with van der Waals surface area (Å²) in [5.41, 5.74) is 1.93. The number of amides is 1. The van der Waals surface area contributed by atoms with Crippen LogP contribution in [0, 0.1) is 16.0 Å². The third-order valence-corrected chi connectivity index (χ3v) is 9.84. The fraction of sp³-hybridized carbons (Fsp3) is 0.500. The van der Waals surface area contributed by atoms with Crippen LogP contribution in [0.2, 0.25) is 0 Å². The molecule has 3 unspecified atom stereocenters. The average molecular weight is 585 g/mol. The van der Waals surface area contributed by atoms with Crippen molar-refractivity contribution in [2.45, 2.75) is 50.3 Å². The minimum absolute atomic E-state index is 0.00856. The van der Waals surface area contributed by atoms with Gasteiger partial charge in [0.25, 0.3) is 5.69 Å². The third-order valence-electron chi connectivity index (χ3n) is 8.50. The van der Waals surface area contributed by atoms with Gasteiger partial charge in [0.2, 0.25) is 10.0 Å². The zero-order chi connectivity index (χ0) is 29.6. The second kappa shape index (κ2) is 13.6. The predicted molar refractivity (Wildman–Crippen MR) is 158 cm³/mol. The summed E-state index contributed by atoms with van der Waals surface area (Å²) >= 11 is 0. The van der Waals surface area contributed by atoms with Crippen molar-refractivity contribution in [1.29, 1.82) is 0 Å². The number of nitro benzene ring substituents is 1. The molecule has 0 bridgehead atoms. The highest BCUT2D eigenvalue weighted by Gasteiger charge is 2.40. The van der Waals surface area contributed by atoms with E-state index in [4.69, 9.17) is 4.74 Å². The van der Waals surface area contributed by atoms with E-state index in [1.165, 1.54) is 28.3 Å². The van der Waals surface area contributed by atoms with Gasteiger partial charge in [0.15, 0.2) is 0 Å². The van der Waals surface area contributed by atoms with E-state index in [1.807, 2.05) is 18.2 Å². The molecular weight excluding hydrogens is 544 g/mol. The van der Waals surface area contributed by atoms with Gasteiger partial charge in [0, 0.05) is 57.4 Å². The molecule has 0 aromatic heterocycles. The van der Waals surface area contributed by atoms with Crippen molar-refractivity contribution in [2.75, 3.05) is 39.5 Å². The van der Waals surface area contributed by atoms with Gasteiger partial charge >= 0.3 is 6.09 Å². The molecule has 0 N–H and O–H groups in total. The van der Waals surface area contributed by atoms with Crippen molar-refractivity contribution < 1.29 is 22.9 Å². The second-order valence-electron chi connectivity index (χ2n) is 11.1. The van der Waals surface area contributed by atoms with Gasteiger partial charge < -0.3 is 14.5 Å². The molecule has 3 atom stereocenters. The number of nitro groups is 1. The number of hydrogen-bond donors (Lipinski definition) is 0. The number of non-ortho nitro benzene ring substituents is 1. The van der Waals surface area contributed by atoms with Crippen LogP contribution in [0.15, 0.2) is 67.3 Å². The Labute approximate surface area is 242 Å². The molecule has 0 radical (unpaired) electrons. The van der Waals surface area contributed by atoms with E-state index in [0.717, 1.165) is 45.3 Å². The zero-order valence-electron chi connectivity index (χ0n) is 23.8. The number of rotatable bonds is 11. The van der Waals surface area contributed by atoms with Crippen molar-refractivity contribution in [2.24, 2.45) is 5.92 Å². The Kier molecular flexibility index (Phi) is 10.2. The maximum Gasteiger partial charge on any atom is 0.410 e. The minimum Gasteiger partial charge on any atom is -0.445 e. The van der Waals surface area contributed by atoms with Gasteiger partial charge in [-0.2, -0.15) is 0 Å². The summed E-state index contributed by atoms with van der Waals surface area (Å²) in [5, 5.41) is 10.9. The molecule has 1 aliphatic carbocycles. The van der Waals surface area contributed by atoms with Gasteiger partial charge in [0.05, 0.1) is 11.2 Å². The van der Waals surface area contributed by atoms with Crippen molar-refractivity contribution in [3.05, 3.63) is 88.5 Å². The highest BCUT2D eigenvalue weighted by Crippen LogP contribution is 2.42. The summed E-state index contributed by atoms with van der Waals surface area (Å²) in [7, 11) is -1.59. The first-order valence-corrected chi connectivity index (χ1v) is 15.9. The van der Waals surface area contributed by atoms with Crippen LogP contribution in [-0.2, 0) is 21.4 Å². The molecule has 1 saturated heterocycles. The lowest BCUT2D eigenvalue weighted by molar-refractivity contribution is -0.384. The Morgan fingerprint density at radius 1 is 1.10 bits per heavy atom. The summed E-state index contributed by atoms with van der Waals surface area (Å²) in [6.45, 7) is 6.77. The van der Waals surface area contributed by atoms with Crippen LogP contribution in [0.5, 0.6) is 0 Å². The molecule has 2 aromatic carbocycles. The normalized spacial score (nSPS) is 22.0. The lowest BCUT2D eigenvalue weighted by atomic mass is 9.88. The van der Waals surface area contributed by atoms with Gasteiger partial charge in [-0.3, -0.25) is 10.1 Å². The van der Waals surface area contributed by atoms with Gasteiger partial charge in [0.1, 0.15) is 6.61 Å². The molecule has 1 aliphatic heterocycles. The number of ether oxygens (including phenoxy) is 1. The van der Waals surface area contributed by atoms with Crippen LogP contribution in [0.25, 0.3) is 0 Å². The summed E-state index contributed by atoms with van der Waals surface area (Å²) in [6, 6.07) is 16.3. The molecule has 10 nitrogen and oxygen atoms in total. The minimum atomic E-state index is -3.27. The van der Waals surface area contributed by atoms with Gasteiger partial charge in [-0.1, -0.05) is 36.4 Å². The van der Waals surface area contributed by atoms with Crippen LogP contribution < -0.4 is 0 Å². The number of carbonyl (C=O) groups excluding carboxylic acids is 1. The first-order chi connectivity index (χ1) is 19.6. The zero-order valence-corrected chi connectivity index (χ0v) is 24.6. The van der Waals surface area contributed by atoms with Crippen LogP contribution in [0.1, 0.15) is 42.7 Å².